The van der Waals surface area contributed by atoms with Crippen LogP contribution < -0.4 is 0 Å². The van der Waals surface area contributed by atoms with Gasteiger partial charge in [-0.1, -0.05) is 3.77 Å². The maximum atomic E-state index is 9.43. The molecule has 0 bridgehead atoms. The Bertz CT molecular complexity index is 182. The van der Waals surface area contributed by atoms with Gasteiger partial charge in [-0.05, 0) is 0 Å². The lowest BCUT2D eigenvalue weighted by Gasteiger charge is -1.72. The van der Waals surface area contributed by atoms with Crippen LogP contribution in [0.4, 0.5) is 0 Å². The Hall–Kier alpha value is -0.140. The Labute approximate surface area is 43.5 Å². The van der Waals surface area contributed by atoms with Gasteiger partial charge in [-0.25, -0.2) is 0 Å². The fourth-order valence-corrected chi connectivity index (χ4v) is 0.424. The zero-order chi connectivity index (χ0) is 5.91. The highest BCUT2D eigenvalue weighted by Gasteiger charge is 1.91. The average Bonchev–Trinajstić information content (AvgIpc) is 1.30. The van der Waals surface area contributed by atoms with Crippen LogP contribution in [0.1, 0.15) is 0 Å². The summed E-state index contributed by atoms with van der Waals surface area (Å²) in [5.41, 5.74) is 0. The first-order valence-corrected chi connectivity index (χ1v) is 3.38. The van der Waals surface area contributed by atoms with Crippen molar-refractivity contribution in [2.24, 2.45) is 3.77 Å². The van der Waals surface area contributed by atoms with Crippen molar-refractivity contribution in [1.82, 2.24) is 0 Å². The van der Waals surface area contributed by atoms with Crippen molar-refractivity contribution in [3.63, 3.8) is 0 Å². The quantitative estimate of drug-likeness (QED) is 0.462. The van der Waals surface area contributed by atoms with Crippen LogP contribution in [0.25, 0.3) is 0 Å². The molecule has 7 heavy (non-hydrogen) atoms. The Kier molecular flexibility index (Phi) is 2.20. The second kappa shape index (κ2) is 2.24. The van der Waals surface area contributed by atoms with Gasteiger partial charge >= 0.3 is 10.3 Å². The van der Waals surface area contributed by atoms with E-state index < -0.39 is 21.8 Å². The summed E-state index contributed by atoms with van der Waals surface area (Å²) in [6, 6.07) is 0. The second-order valence-corrected chi connectivity index (χ2v) is 2.44. The molecule has 0 aromatic rings. The topological polar surface area (TPSA) is 83.8 Å². The maximum absolute atomic E-state index is 9.43. The zero-order valence-electron chi connectivity index (χ0n) is 3.03. The summed E-state index contributed by atoms with van der Waals surface area (Å²) in [5.74, 6) is 0. The molecule has 5 nitrogen and oxygen atoms in total. The summed E-state index contributed by atoms with van der Waals surface area (Å²) in [6.45, 7) is 0. The van der Waals surface area contributed by atoms with Crippen molar-refractivity contribution in [2.75, 3.05) is 0 Å². The highest BCUT2D eigenvalue weighted by Crippen LogP contribution is 1.76. The molecule has 0 amide bonds. The minimum absolute atomic E-state index is 1.35. The van der Waals surface area contributed by atoms with Crippen LogP contribution >= 0.6 is 0 Å². The van der Waals surface area contributed by atoms with Gasteiger partial charge in [0.25, 0.3) is 0 Å². The smallest absolute Gasteiger partial charge is 0.267 e. The van der Waals surface area contributed by atoms with E-state index in [0.717, 1.165) is 0 Å². The van der Waals surface area contributed by atoms with E-state index in [-0.39, 0.29) is 0 Å². The van der Waals surface area contributed by atoms with Gasteiger partial charge in [-0.3, -0.25) is 8.76 Å². The van der Waals surface area contributed by atoms with E-state index in [1.807, 2.05) is 0 Å². The molecule has 44 valence electrons. The molecule has 0 aromatic heterocycles. The molecule has 0 aliphatic rings. The van der Waals surface area contributed by atoms with Crippen molar-refractivity contribution in [2.45, 2.75) is 0 Å². The molecule has 0 aromatic carbocycles. The van der Waals surface area contributed by atoms with Crippen molar-refractivity contribution >= 4 is 21.8 Å². The van der Waals surface area contributed by atoms with E-state index in [4.69, 9.17) is 4.55 Å². The largest absolute Gasteiger partial charge is 0.385 e. The molecule has 0 saturated carbocycles. The normalized spacial score (nSPS) is 12.7. The van der Waals surface area contributed by atoms with Gasteiger partial charge in [0.1, 0.15) is 0 Å². The van der Waals surface area contributed by atoms with Crippen molar-refractivity contribution < 1.29 is 17.2 Å². The predicted octanol–water partition coefficient (Wildman–Crippen LogP) is -1.35. The number of rotatable bonds is 1. The van der Waals surface area contributed by atoms with E-state index >= 15 is 0 Å². The number of hydrogen-bond acceptors (Lipinski definition) is 3. The fourth-order valence-electron chi connectivity index (χ4n) is 0.0471. The lowest BCUT2D eigenvalue weighted by molar-refractivity contribution is 0.486. The molecule has 0 atom stereocenters. The van der Waals surface area contributed by atoms with Crippen molar-refractivity contribution in [3.8, 4) is 0 Å². The number of hydrogen-bond donors (Lipinski definition) is 1. The van der Waals surface area contributed by atoms with Crippen LogP contribution in [-0.4, -0.2) is 17.2 Å². The van der Waals surface area contributed by atoms with Gasteiger partial charge in [0.05, 0.1) is 0 Å². The third-order valence-electron chi connectivity index (χ3n) is 0.153. The van der Waals surface area contributed by atoms with E-state index in [1.54, 1.807) is 0 Å². The Balaban J connectivity index is 4.44. The summed E-state index contributed by atoms with van der Waals surface area (Å²) < 4.78 is 38.0. The van der Waals surface area contributed by atoms with Crippen LogP contribution in [0.3, 0.4) is 0 Å². The molecule has 0 radical (unpaired) electrons. The Morgan fingerprint density at radius 1 is 1.57 bits per heavy atom. The molecular weight excluding hydrogens is 142 g/mol. The summed E-state index contributed by atoms with van der Waals surface area (Å²) in [6.07, 6.45) is 0. The highest BCUT2D eigenvalue weighted by atomic mass is 32.3. The fraction of sp³-hybridized carbons (Fsp3) is 0. The van der Waals surface area contributed by atoms with E-state index in [0.29, 0.717) is 0 Å². The van der Waals surface area contributed by atoms with Gasteiger partial charge in [0.2, 0.25) is 0 Å². The van der Waals surface area contributed by atoms with Crippen LogP contribution in [0.5, 0.6) is 0 Å². The average molecular weight is 145 g/mol. The monoisotopic (exact) mass is 145 g/mol. The minimum atomic E-state index is -4.35. The third kappa shape index (κ3) is 5.86. The first kappa shape index (κ1) is 6.86. The SMILES string of the molecule is O=[SH2]=NS(=O)(=O)O. The van der Waals surface area contributed by atoms with Gasteiger partial charge in [-0.15, -0.1) is 0 Å². The van der Waals surface area contributed by atoms with Crippen LogP contribution in [0, 0.1) is 0 Å². The predicted molar refractivity (Wildman–Crippen MR) is 24.9 cm³/mol. The molecule has 0 rings (SSSR count). The maximum Gasteiger partial charge on any atom is 0.385 e. The van der Waals surface area contributed by atoms with Gasteiger partial charge in [0, 0.05) is 11.5 Å². The lowest BCUT2D eigenvalue weighted by Crippen LogP contribution is -1.87. The molecule has 1 N–H and O–H groups in total. The lowest BCUT2D eigenvalue weighted by atomic mass is 13.9. The van der Waals surface area contributed by atoms with Gasteiger partial charge < -0.3 is 0 Å². The molecule has 0 heterocycles. The summed E-state index contributed by atoms with van der Waals surface area (Å²) in [4.78, 5) is 0. The standard InChI is InChI=1S/H3NO4S2/c2-6-1-7(3,4)5/h6H2,(H,3,4,5). The van der Waals surface area contributed by atoms with Crippen molar-refractivity contribution in [3.05, 3.63) is 0 Å². The first-order chi connectivity index (χ1) is 3.06. The van der Waals surface area contributed by atoms with Crippen molar-refractivity contribution in [1.29, 1.82) is 0 Å². The molecule has 0 fully saturated rings. The van der Waals surface area contributed by atoms with E-state index in [2.05, 4.69) is 3.77 Å². The minimum Gasteiger partial charge on any atom is -0.267 e. The first-order valence-electron chi connectivity index (χ1n) is 1.13. The highest BCUT2D eigenvalue weighted by molar-refractivity contribution is 7.88. The molecule has 0 unspecified atom stereocenters. The van der Waals surface area contributed by atoms with E-state index in [9.17, 15) is 12.6 Å². The molecule has 7 heteroatoms. The third-order valence-corrected chi connectivity index (χ3v) is 1.37. The van der Waals surface area contributed by atoms with Gasteiger partial charge in [-0.2, -0.15) is 8.42 Å². The van der Waals surface area contributed by atoms with Crippen LogP contribution in [0.2, 0.25) is 0 Å². The summed E-state index contributed by atoms with van der Waals surface area (Å²) >= 11 is -1.35. The molecular formula is H3NO4S2. The van der Waals surface area contributed by atoms with Crippen LogP contribution in [-0.2, 0) is 21.8 Å². The molecule has 0 saturated heterocycles. The Morgan fingerprint density at radius 2 is 2.00 bits per heavy atom. The molecule has 0 aliphatic heterocycles. The van der Waals surface area contributed by atoms with E-state index in [1.165, 1.54) is 0 Å². The van der Waals surface area contributed by atoms with Gasteiger partial charge in [0.15, 0.2) is 0 Å². The Morgan fingerprint density at radius 3 is 2.00 bits per heavy atom. The summed E-state index contributed by atoms with van der Waals surface area (Å²) in [5, 5.41) is 0. The summed E-state index contributed by atoms with van der Waals surface area (Å²) in [7, 11) is -4.35. The zero-order valence-corrected chi connectivity index (χ0v) is 4.84. The molecule has 0 spiro atoms. The molecule has 0 aliphatic carbocycles. The number of nitrogens with zero attached hydrogens (tertiary/aromatic N) is 1. The van der Waals surface area contributed by atoms with Crippen LogP contribution in [0.15, 0.2) is 3.77 Å². The second-order valence-electron chi connectivity index (χ2n) is 0.630.